The first-order valence-corrected chi connectivity index (χ1v) is 9.15. The van der Waals surface area contributed by atoms with E-state index in [1.165, 1.54) is 48.5 Å². The SMILES string of the molecule is O=C(CN1CC(=O)Oc2ccccc21)Oc1ccc(C(=O)c2ccc(F)cc2)cc1. The van der Waals surface area contributed by atoms with Crippen molar-refractivity contribution in [3.8, 4) is 11.5 Å². The van der Waals surface area contributed by atoms with Crippen LogP contribution in [0.2, 0.25) is 0 Å². The quantitative estimate of drug-likeness (QED) is 0.368. The van der Waals surface area contributed by atoms with E-state index in [1.54, 1.807) is 29.2 Å². The first kappa shape index (κ1) is 19.3. The molecule has 0 spiro atoms. The third-order valence-electron chi connectivity index (χ3n) is 4.52. The van der Waals surface area contributed by atoms with Gasteiger partial charge in [-0.25, -0.2) is 14.0 Å². The van der Waals surface area contributed by atoms with Crippen LogP contribution in [-0.2, 0) is 9.59 Å². The largest absolute Gasteiger partial charge is 0.425 e. The van der Waals surface area contributed by atoms with Crippen molar-refractivity contribution in [2.45, 2.75) is 0 Å². The van der Waals surface area contributed by atoms with Crippen molar-refractivity contribution in [3.63, 3.8) is 0 Å². The standard InChI is InChI=1S/C23H16FNO5/c24-17-9-5-15(6-10-17)23(28)16-7-11-18(12-8-16)29-21(26)13-25-14-22(27)30-20-4-2-1-3-19(20)25/h1-12H,13-14H2. The van der Waals surface area contributed by atoms with Crippen molar-refractivity contribution in [1.82, 2.24) is 0 Å². The van der Waals surface area contributed by atoms with E-state index in [2.05, 4.69) is 0 Å². The van der Waals surface area contributed by atoms with Crippen molar-refractivity contribution in [1.29, 1.82) is 0 Å². The first-order valence-electron chi connectivity index (χ1n) is 9.15. The molecule has 30 heavy (non-hydrogen) atoms. The number of ether oxygens (including phenoxy) is 2. The molecule has 1 heterocycles. The van der Waals surface area contributed by atoms with Gasteiger partial charge in [-0.05, 0) is 60.7 Å². The number of hydrogen-bond acceptors (Lipinski definition) is 6. The monoisotopic (exact) mass is 405 g/mol. The molecule has 0 atom stereocenters. The molecule has 0 aliphatic carbocycles. The molecular weight excluding hydrogens is 389 g/mol. The van der Waals surface area contributed by atoms with Crippen molar-refractivity contribution >= 4 is 23.4 Å². The lowest BCUT2D eigenvalue weighted by molar-refractivity contribution is -0.134. The van der Waals surface area contributed by atoms with E-state index in [0.717, 1.165) is 0 Å². The van der Waals surface area contributed by atoms with Gasteiger partial charge in [-0.1, -0.05) is 12.1 Å². The topological polar surface area (TPSA) is 72.9 Å². The minimum Gasteiger partial charge on any atom is -0.425 e. The lowest BCUT2D eigenvalue weighted by Crippen LogP contribution is -2.41. The molecule has 7 heteroatoms. The van der Waals surface area contributed by atoms with E-state index in [9.17, 15) is 18.8 Å². The normalized spacial score (nSPS) is 12.7. The first-order chi connectivity index (χ1) is 14.5. The summed E-state index contributed by atoms with van der Waals surface area (Å²) in [7, 11) is 0. The average Bonchev–Trinajstić information content (AvgIpc) is 2.74. The summed E-state index contributed by atoms with van der Waals surface area (Å²) in [5.41, 5.74) is 1.38. The third kappa shape index (κ3) is 4.20. The fourth-order valence-corrected chi connectivity index (χ4v) is 3.10. The summed E-state index contributed by atoms with van der Waals surface area (Å²) in [6, 6.07) is 18.3. The van der Waals surface area contributed by atoms with Crippen LogP contribution in [-0.4, -0.2) is 30.8 Å². The maximum atomic E-state index is 13.0. The third-order valence-corrected chi connectivity index (χ3v) is 4.52. The smallest absolute Gasteiger partial charge is 0.331 e. The average molecular weight is 405 g/mol. The van der Waals surface area contributed by atoms with Gasteiger partial charge in [0.2, 0.25) is 0 Å². The Bertz CT molecular complexity index is 1110. The Balaban J connectivity index is 1.41. The molecule has 0 unspecified atom stereocenters. The van der Waals surface area contributed by atoms with Gasteiger partial charge in [0, 0.05) is 11.1 Å². The number of para-hydroxylation sites is 2. The number of fused-ring (bicyclic) bond motifs is 1. The number of ketones is 1. The molecule has 1 aliphatic heterocycles. The summed E-state index contributed by atoms with van der Waals surface area (Å²) in [6.45, 7) is -0.195. The van der Waals surface area contributed by atoms with Crippen molar-refractivity contribution < 1.29 is 28.2 Å². The van der Waals surface area contributed by atoms with Gasteiger partial charge in [0.25, 0.3) is 0 Å². The molecule has 0 fully saturated rings. The van der Waals surface area contributed by atoms with Crippen LogP contribution < -0.4 is 14.4 Å². The summed E-state index contributed by atoms with van der Waals surface area (Å²) < 4.78 is 23.5. The molecule has 0 radical (unpaired) electrons. The highest BCUT2D eigenvalue weighted by molar-refractivity contribution is 6.09. The molecule has 3 aromatic carbocycles. The molecule has 1 aliphatic rings. The molecule has 0 amide bonds. The molecule has 0 saturated carbocycles. The van der Waals surface area contributed by atoms with Gasteiger partial charge < -0.3 is 14.4 Å². The van der Waals surface area contributed by atoms with Crippen LogP contribution in [0.3, 0.4) is 0 Å². The molecule has 0 bridgehead atoms. The zero-order chi connectivity index (χ0) is 21.1. The highest BCUT2D eigenvalue weighted by atomic mass is 19.1. The second-order valence-electron chi connectivity index (χ2n) is 6.63. The van der Waals surface area contributed by atoms with Crippen LogP contribution in [0.4, 0.5) is 10.1 Å². The van der Waals surface area contributed by atoms with Gasteiger partial charge in [0.1, 0.15) is 24.7 Å². The van der Waals surface area contributed by atoms with E-state index >= 15 is 0 Å². The van der Waals surface area contributed by atoms with Crippen molar-refractivity contribution in [3.05, 3.63) is 89.7 Å². The lowest BCUT2D eigenvalue weighted by Gasteiger charge is -2.28. The number of rotatable bonds is 5. The maximum absolute atomic E-state index is 13.0. The van der Waals surface area contributed by atoms with E-state index in [-0.39, 0.29) is 24.6 Å². The number of benzene rings is 3. The Labute approximate surface area is 171 Å². The Morgan fingerprint density at radius 1 is 0.933 bits per heavy atom. The van der Waals surface area contributed by atoms with Crippen LogP contribution >= 0.6 is 0 Å². The molecule has 6 nitrogen and oxygen atoms in total. The highest BCUT2D eigenvalue weighted by Gasteiger charge is 2.26. The second kappa shape index (κ2) is 8.16. The Hall–Kier alpha value is -4.00. The van der Waals surface area contributed by atoms with E-state index in [4.69, 9.17) is 9.47 Å². The van der Waals surface area contributed by atoms with Crippen LogP contribution in [0.15, 0.2) is 72.8 Å². The number of anilines is 1. The van der Waals surface area contributed by atoms with Crippen LogP contribution in [0, 0.1) is 5.82 Å². The molecule has 150 valence electrons. The summed E-state index contributed by atoms with van der Waals surface area (Å²) in [4.78, 5) is 38.1. The zero-order valence-electron chi connectivity index (χ0n) is 15.7. The number of carbonyl (C=O) groups is 3. The summed E-state index contributed by atoms with van der Waals surface area (Å²) >= 11 is 0. The molecular formula is C23H16FNO5. The number of nitrogens with zero attached hydrogens (tertiary/aromatic N) is 1. The van der Waals surface area contributed by atoms with Crippen molar-refractivity contribution in [2.75, 3.05) is 18.0 Å². The number of carbonyl (C=O) groups excluding carboxylic acids is 3. The molecule has 4 rings (SSSR count). The molecule has 0 aromatic heterocycles. The fourth-order valence-electron chi connectivity index (χ4n) is 3.10. The van der Waals surface area contributed by atoms with Gasteiger partial charge >= 0.3 is 11.9 Å². The van der Waals surface area contributed by atoms with Gasteiger partial charge in [-0.2, -0.15) is 0 Å². The maximum Gasteiger partial charge on any atom is 0.331 e. The van der Waals surface area contributed by atoms with Crippen LogP contribution in [0.1, 0.15) is 15.9 Å². The summed E-state index contributed by atoms with van der Waals surface area (Å²) in [6.07, 6.45) is 0. The zero-order valence-corrected chi connectivity index (χ0v) is 15.7. The predicted molar refractivity (Wildman–Crippen MR) is 106 cm³/mol. The van der Waals surface area contributed by atoms with Gasteiger partial charge in [-0.15, -0.1) is 0 Å². The number of halogens is 1. The number of hydrogen-bond donors (Lipinski definition) is 0. The van der Waals surface area contributed by atoms with E-state index < -0.39 is 17.8 Å². The highest BCUT2D eigenvalue weighted by Crippen LogP contribution is 2.31. The van der Waals surface area contributed by atoms with E-state index in [1.807, 2.05) is 0 Å². The Kier molecular flexibility index (Phi) is 5.26. The lowest BCUT2D eigenvalue weighted by atomic mass is 10.0. The Morgan fingerprint density at radius 3 is 2.27 bits per heavy atom. The molecule has 0 saturated heterocycles. The molecule has 0 N–H and O–H groups in total. The summed E-state index contributed by atoms with van der Waals surface area (Å²) in [5.74, 6) is -1.04. The minimum atomic E-state index is -0.558. The van der Waals surface area contributed by atoms with Gasteiger partial charge in [-0.3, -0.25) is 4.79 Å². The van der Waals surface area contributed by atoms with Gasteiger partial charge in [0.15, 0.2) is 11.5 Å². The minimum absolute atomic E-state index is 0.0583. The summed E-state index contributed by atoms with van der Waals surface area (Å²) in [5, 5.41) is 0. The van der Waals surface area contributed by atoms with Gasteiger partial charge in [0.05, 0.1) is 5.69 Å². The van der Waals surface area contributed by atoms with Crippen LogP contribution in [0.5, 0.6) is 11.5 Å². The van der Waals surface area contributed by atoms with E-state index in [0.29, 0.717) is 22.6 Å². The van der Waals surface area contributed by atoms with Crippen LogP contribution in [0.25, 0.3) is 0 Å². The predicted octanol–water partition coefficient (Wildman–Crippen LogP) is 3.39. The van der Waals surface area contributed by atoms with Crippen molar-refractivity contribution in [2.24, 2.45) is 0 Å². The molecule has 3 aromatic rings. The second-order valence-corrected chi connectivity index (χ2v) is 6.63. The number of esters is 2. The fraction of sp³-hybridized carbons (Fsp3) is 0.0870. The Morgan fingerprint density at radius 2 is 1.57 bits per heavy atom.